The lowest BCUT2D eigenvalue weighted by Crippen LogP contribution is -2.47. The van der Waals surface area contributed by atoms with Crippen molar-refractivity contribution in [1.82, 2.24) is 25.2 Å². The first-order chi connectivity index (χ1) is 17.7. The Morgan fingerprint density at radius 3 is 2.47 bits per heavy atom. The highest BCUT2D eigenvalue weighted by Crippen LogP contribution is 2.30. The van der Waals surface area contributed by atoms with Crippen LogP contribution >= 0.6 is 0 Å². The summed E-state index contributed by atoms with van der Waals surface area (Å²) in [5.74, 6) is 1.18. The summed E-state index contributed by atoms with van der Waals surface area (Å²) in [6.45, 7) is 7.37. The first kappa shape index (κ1) is 23.4. The van der Waals surface area contributed by atoms with Gasteiger partial charge >= 0.3 is 0 Å². The third-order valence-electron chi connectivity index (χ3n) is 7.90. The average molecular weight is 490 g/mol. The number of aromatic nitrogens is 3. The second-order valence-electron chi connectivity index (χ2n) is 10.1. The van der Waals surface area contributed by atoms with Gasteiger partial charge in [-0.1, -0.05) is 12.1 Å². The number of amides is 1. The fourth-order valence-corrected chi connectivity index (χ4v) is 5.79. The van der Waals surface area contributed by atoms with E-state index in [4.69, 9.17) is 4.74 Å². The maximum absolute atomic E-state index is 12.9. The molecule has 0 unspecified atom stereocenters. The van der Waals surface area contributed by atoms with Crippen LogP contribution in [0.15, 0.2) is 36.7 Å². The number of ether oxygens (including phenoxy) is 1. The van der Waals surface area contributed by atoms with Crippen LogP contribution < -0.4 is 15.5 Å². The number of nitrogens with zero attached hydrogens (tertiary/aromatic N) is 4. The average Bonchev–Trinajstić information content (AvgIpc) is 3.39. The largest absolute Gasteiger partial charge is 0.378 e. The van der Waals surface area contributed by atoms with Crippen LogP contribution in [0.1, 0.15) is 25.7 Å². The van der Waals surface area contributed by atoms with Gasteiger partial charge in [-0.25, -0.2) is 9.97 Å². The van der Waals surface area contributed by atoms with Gasteiger partial charge in [0, 0.05) is 36.4 Å². The smallest absolute Gasteiger partial charge is 0.227 e. The number of benzene rings is 1. The Hall–Kier alpha value is -3.01. The maximum Gasteiger partial charge on any atom is 0.227 e. The van der Waals surface area contributed by atoms with E-state index in [1.807, 2.05) is 24.3 Å². The molecule has 1 amide bonds. The first-order valence-corrected chi connectivity index (χ1v) is 13.3. The van der Waals surface area contributed by atoms with E-state index in [1.165, 1.54) is 12.8 Å². The molecule has 190 valence electrons. The lowest BCUT2D eigenvalue weighted by atomic mass is 9.93. The predicted octanol–water partition coefficient (Wildman–Crippen LogP) is 2.86. The van der Waals surface area contributed by atoms with E-state index in [0.29, 0.717) is 19.3 Å². The van der Waals surface area contributed by atoms with Gasteiger partial charge in [-0.05, 0) is 75.6 Å². The Morgan fingerprint density at radius 1 is 0.972 bits per heavy atom. The minimum Gasteiger partial charge on any atom is -0.378 e. The van der Waals surface area contributed by atoms with Gasteiger partial charge < -0.3 is 30.2 Å². The van der Waals surface area contributed by atoms with E-state index in [-0.39, 0.29) is 11.8 Å². The number of aromatic amines is 1. The molecule has 3 aromatic rings. The molecule has 9 heteroatoms. The second kappa shape index (κ2) is 10.5. The van der Waals surface area contributed by atoms with Gasteiger partial charge in [0.1, 0.15) is 17.8 Å². The Morgan fingerprint density at radius 2 is 1.72 bits per heavy atom. The van der Waals surface area contributed by atoms with Crippen molar-refractivity contribution in [2.24, 2.45) is 5.92 Å². The van der Waals surface area contributed by atoms with Gasteiger partial charge in [-0.3, -0.25) is 4.79 Å². The number of piperidine rings is 2. The Bertz CT molecular complexity index is 1170. The summed E-state index contributed by atoms with van der Waals surface area (Å²) in [5.41, 5.74) is 3.71. The standard InChI is InChI=1S/C27H35N7O2/c35-27(20-7-11-33(12-8-20)22-5-9-28-10-6-22)31-21-3-1-19(2-4-21)24-17-23-25(32-24)29-18-30-26(23)34-13-15-36-16-14-34/h1-4,17-18,20,22,28H,5-16H2,(H,31,35)(H,29,30,32). The van der Waals surface area contributed by atoms with Gasteiger partial charge in [-0.2, -0.15) is 0 Å². The molecule has 6 rings (SSSR count). The summed E-state index contributed by atoms with van der Waals surface area (Å²) >= 11 is 0. The number of rotatable bonds is 5. The second-order valence-corrected chi connectivity index (χ2v) is 10.1. The highest BCUT2D eigenvalue weighted by Gasteiger charge is 2.29. The molecule has 3 N–H and O–H groups in total. The number of fused-ring (bicyclic) bond motifs is 1. The van der Waals surface area contributed by atoms with Crippen LogP contribution in [-0.4, -0.2) is 84.3 Å². The molecule has 3 aliphatic heterocycles. The normalized spacial score (nSPS) is 20.6. The highest BCUT2D eigenvalue weighted by atomic mass is 16.5. The number of hydrogen-bond donors (Lipinski definition) is 3. The van der Waals surface area contributed by atoms with Crippen molar-refractivity contribution in [3.05, 3.63) is 36.7 Å². The molecule has 9 nitrogen and oxygen atoms in total. The summed E-state index contributed by atoms with van der Waals surface area (Å²) < 4.78 is 5.49. The SMILES string of the molecule is O=C(Nc1ccc(-c2cc3c(N4CCOCC4)ncnc3[nH]2)cc1)C1CCN(C2CCNCC2)CC1. The Labute approximate surface area is 211 Å². The Balaban J connectivity index is 1.09. The van der Waals surface area contributed by atoms with Crippen LogP contribution in [0.5, 0.6) is 0 Å². The molecule has 0 aliphatic carbocycles. The summed E-state index contributed by atoms with van der Waals surface area (Å²) in [6, 6.07) is 10.9. The molecule has 1 aromatic carbocycles. The topological polar surface area (TPSA) is 98.4 Å². The van der Waals surface area contributed by atoms with Crippen molar-refractivity contribution >= 4 is 28.4 Å². The molecule has 5 heterocycles. The van der Waals surface area contributed by atoms with Crippen LogP contribution in [0, 0.1) is 5.92 Å². The van der Waals surface area contributed by atoms with E-state index >= 15 is 0 Å². The minimum absolute atomic E-state index is 0.0912. The third kappa shape index (κ3) is 4.96. The van der Waals surface area contributed by atoms with Crippen LogP contribution in [0.2, 0.25) is 0 Å². The van der Waals surface area contributed by atoms with Gasteiger partial charge in [-0.15, -0.1) is 0 Å². The number of H-pyrrole nitrogens is 1. The Kier molecular flexibility index (Phi) is 6.85. The molecular weight excluding hydrogens is 454 g/mol. The van der Waals surface area contributed by atoms with E-state index < -0.39 is 0 Å². The van der Waals surface area contributed by atoms with Crippen molar-refractivity contribution in [1.29, 1.82) is 0 Å². The zero-order valence-corrected chi connectivity index (χ0v) is 20.7. The molecule has 2 aromatic heterocycles. The van der Waals surface area contributed by atoms with Crippen molar-refractivity contribution in [2.75, 3.05) is 62.7 Å². The van der Waals surface area contributed by atoms with Crippen LogP contribution in [0.25, 0.3) is 22.3 Å². The maximum atomic E-state index is 12.9. The lowest BCUT2D eigenvalue weighted by Gasteiger charge is -2.39. The van der Waals surface area contributed by atoms with Crippen LogP contribution in [0.4, 0.5) is 11.5 Å². The number of likely N-dealkylation sites (tertiary alicyclic amines) is 1. The quantitative estimate of drug-likeness (QED) is 0.507. The van der Waals surface area contributed by atoms with Crippen molar-refractivity contribution in [3.63, 3.8) is 0 Å². The van der Waals surface area contributed by atoms with E-state index in [0.717, 1.165) is 85.9 Å². The number of carbonyl (C=O) groups excluding carboxylic acids is 1. The highest BCUT2D eigenvalue weighted by molar-refractivity contribution is 5.94. The van der Waals surface area contributed by atoms with Gasteiger partial charge in [0.25, 0.3) is 0 Å². The zero-order valence-electron chi connectivity index (χ0n) is 20.7. The fraction of sp³-hybridized carbons (Fsp3) is 0.519. The molecule has 0 saturated carbocycles. The van der Waals surface area contributed by atoms with Gasteiger partial charge in [0.05, 0.1) is 18.6 Å². The van der Waals surface area contributed by atoms with Gasteiger partial charge in [0.2, 0.25) is 5.91 Å². The summed E-state index contributed by atoms with van der Waals surface area (Å²) in [7, 11) is 0. The van der Waals surface area contributed by atoms with E-state index in [9.17, 15) is 4.79 Å². The molecule has 0 bridgehead atoms. The molecule has 0 atom stereocenters. The molecule has 3 fully saturated rings. The number of hydrogen-bond acceptors (Lipinski definition) is 7. The zero-order chi connectivity index (χ0) is 24.3. The first-order valence-electron chi connectivity index (χ1n) is 13.3. The fourth-order valence-electron chi connectivity index (χ4n) is 5.79. The predicted molar refractivity (Wildman–Crippen MR) is 141 cm³/mol. The summed E-state index contributed by atoms with van der Waals surface area (Å²) in [4.78, 5) is 30.2. The molecule has 3 aliphatic rings. The van der Waals surface area contributed by atoms with Crippen molar-refractivity contribution < 1.29 is 9.53 Å². The molecule has 0 spiro atoms. The monoisotopic (exact) mass is 489 g/mol. The molecular formula is C27H35N7O2. The number of carbonyl (C=O) groups is 1. The van der Waals surface area contributed by atoms with Gasteiger partial charge in [0.15, 0.2) is 0 Å². The van der Waals surface area contributed by atoms with Crippen LogP contribution in [0.3, 0.4) is 0 Å². The van der Waals surface area contributed by atoms with E-state index in [2.05, 4.69) is 41.5 Å². The van der Waals surface area contributed by atoms with Crippen molar-refractivity contribution in [2.45, 2.75) is 31.7 Å². The number of nitrogens with one attached hydrogen (secondary N) is 3. The number of anilines is 2. The lowest BCUT2D eigenvalue weighted by molar-refractivity contribution is -0.121. The van der Waals surface area contributed by atoms with E-state index in [1.54, 1.807) is 6.33 Å². The number of morpholine rings is 1. The molecule has 3 saturated heterocycles. The van der Waals surface area contributed by atoms with Crippen LogP contribution in [-0.2, 0) is 9.53 Å². The molecule has 0 radical (unpaired) electrons. The summed E-state index contributed by atoms with van der Waals surface area (Å²) in [5, 5.41) is 7.60. The minimum atomic E-state index is 0.0912. The van der Waals surface area contributed by atoms with Crippen molar-refractivity contribution in [3.8, 4) is 11.3 Å². The molecule has 36 heavy (non-hydrogen) atoms. The third-order valence-corrected chi connectivity index (χ3v) is 7.90. The summed E-state index contributed by atoms with van der Waals surface area (Å²) in [6.07, 6.45) is 5.94.